The van der Waals surface area contributed by atoms with Crippen LogP contribution in [-0.4, -0.2) is 18.4 Å². The van der Waals surface area contributed by atoms with Crippen molar-refractivity contribution >= 4 is 17.6 Å². The number of ether oxygens (including phenoxy) is 1. The lowest BCUT2D eigenvalue weighted by molar-refractivity contribution is 0.101. The number of rotatable bonds is 5. The first kappa shape index (κ1) is 18.1. The van der Waals surface area contributed by atoms with Gasteiger partial charge in [0.15, 0.2) is 5.78 Å². The predicted molar refractivity (Wildman–Crippen MR) is 97.0 cm³/mol. The SMILES string of the molecule is CC(=O)c1cc(C#CCCNC(=O)OCc2ccccc2)ccc1N. The molecule has 5 nitrogen and oxygen atoms in total. The number of carbonyl (C=O) groups excluding carboxylic acids is 2. The number of nitrogens with one attached hydrogen (secondary N) is 1. The van der Waals surface area contributed by atoms with E-state index in [-0.39, 0.29) is 12.4 Å². The standard InChI is InChI=1S/C20H20N2O3/c1-15(23)18-13-16(10-11-19(18)21)7-5-6-12-22-20(24)25-14-17-8-3-2-4-9-17/h2-4,8-11,13H,6,12,14,21H2,1H3,(H,22,24). The molecule has 25 heavy (non-hydrogen) atoms. The van der Waals surface area contributed by atoms with E-state index in [1.54, 1.807) is 18.2 Å². The van der Waals surface area contributed by atoms with Crippen molar-refractivity contribution in [3.05, 3.63) is 65.2 Å². The van der Waals surface area contributed by atoms with Crippen LogP contribution in [0.25, 0.3) is 0 Å². The lowest BCUT2D eigenvalue weighted by Crippen LogP contribution is -2.24. The number of anilines is 1. The highest BCUT2D eigenvalue weighted by Crippen LogP contribution is 2.14. The third kappa shape index (κ3) is 6.04. The molecular formula is C20H20N2O3. The van der Waals surface area contributed by atoms with Gasteiger partial charge in [0.25, 0.3) is 0 Å². The maximum Gasteiger partial charge on any atom is 0.407 e. The van der Waals surface area contributed by atoms with Crippen molar-refractivity contribution in [3.8, 4) is 11.8 Å². The Morgan fingerprint density at radius 3 is 2.64 bits per heavy atom. The summed E-state index contributed by atoms with van der Waals surface area (Å²) >= 11 is 0. The summed E-state index contributed by atoms with van der Waals surface area (Å²) in [6.07, 6.45) is -0.00256. The van der Waals surface area contributed by atoms with E-state index in [0.717, 1.165) is 5.56 Å². The van der Waals surface area contributed by atoms with Crippen molar-refractivity contribution in [3.63, 3.8) is 0 Å². The first-order chi connectivity index (χ1) is 12.1. The molecule has 128 valence electrons. The summed E-state index contributed by atoms with van der Waals surface area (Å²) in [6, 6.07) is 14.6. The number of benzene rings is 2. The third-order valence-electron chi connectivity index (χ3n) is 3.40. The topological polar surface area (TPSA) is 81.4 Å². The number of nitrogens with two attached hydrogens (primary N) is 1. The van der Waals surface area contributed by atoms with Crippen LogP contribution in [0.5, 0.6) is 0 Å². The van der Waals surface area contributed by atoms with Gasteiger partial charge in [-0.15, -0.1) is 0 Å². The van der Waals surface area contributed by atoms with E-state index in [1.807, 2.05) is 30.3 Å². The van der Waals surface area contributed by atoms with E-state index in [1.165, 1.54) is 6.92 Å². The van der Waals surface area contributed by atoms with Crippen LogP contribution in [-0.2, 0) is 11.3 Å². The predicted octanol–water partition coefficient (Wildman–Crippen LogP) is 3.14. The highest BCUT2D eigenvalue weighted by molar-refractivity contribution is 5.99. The van der Waals surface area contributed by atoms with Crippen LogP contribution >= 0.6 is 0 Å². The van der Waals surface area contributed by atoms with Crippen molar-refractivity contribution in [1.29, 1.82) is 0 Å². The number of alkyl carbamates (subject to hydrolysis) is 1. The Labute approximate surface area is 147 Å². The van der Waals surface area contributed by atoms with Crippen molar-refractivity contribution in [2.24, 2.45) is 0 Å². The number of carbonyl (C=O) groups is 2. The average molecular weight is 336 g/mol. The third-order valence-corrected chi connectivity index (χ3v) is 3.40. The Balaban J connectivity index is 1.74. The second kappa shape index (κ2) is 9.14. The zero-order valence-corrected chi connectivity index (χ0v) is 14.0. The quantitative estimate of drug-likeness (QED) is 0.380. The summed E-state index contributed by atoms with van der Waals surface area (Å²) in [5.74, 6) is 5.80. The average Bonchev–Trinajstić information content (AvgIpc) is 2.61. The van der Waals surface area contributed by atoms with Crippen LogP contribution < -0.4 is 11.1 Å². The van der Waals surface area contributed by atoms with Crippen LogP contribution in [0.3, 0.4) is 0 Å². The zero-order chi connectivity index (χ0) is 18.1. The maximum atomic E-state index is 11.6. The summed E-state index contributed by atoms with van der Waals surface area (Å²) in [6.45, 7) is 2.08. The zero-order valence-electron chi connectivity index (χ0n) is 14.0. The van der Waals surface area contributed by atoms with Crippen molar-refractivity contribution < 1.29 is 14.3 Å². The summed E-state index contributed by atoms with van der Waals surface area (Å²) in [5.41, 5.74) is 8.30. The molecular weight excluding hydrogens is 316 g/mol. The van der Waals surface area contributed by atoms with Crippen LogP contribution in [0.2, 0.25) is 0 Å². The number of nitrogen functional groups attached to an aromatic ring is 1. The lowest BCUT2D eigenvalue weighted by atomic mass is 10.1. The normalized spacial score (nSPS) is 9.64. The number of hydrogen-bond acceptors (Lipinski definition) is 4. The molecule has 0 bridgehead atoms. The van der Waals surface area contributed by atoms with Gasteiger partial charge in [-0.2, -0.15) is 0 Å². The van der Waals surface area contributed by atoms with Gasteiger partial charge >= 0.3 is 6.09 Å². The fraction of sp³-hybridized carbons (Fsp3) is 0.200. The van der Waals surface area contributed by atoms with E-state index in [2.05, 4.69) is 17.2 Å². The molecule has 0 aliphatic carbocycles. The number of amides is 1. The molecule has 3 N–H and O–H groups in total. The monoisotopic (exact) mass is 336 g/mol. The van der Waals surface area contributed by atoms with E-state index in [4.69, 9.17) is 10.5 Å². The van der Waals surface area contributed by atoms with E-state index in [0.29, 0.717) is 29.8 Å². The second-order valence-corrected chi connectivity index (χ2v) is 5.40. The number of hydrogen-bond donors (Lipinski definition) is 2. The van der Waals surface area contributed by atoms with Crippen LogP contribution in [0.15, 0.2) is 48.5 Å². The molecule has 5 heteroatoms. The minimum Gasteiger partial charge on any atom is -0.445 e. The maximum absolute atomic E-state index is 11.6. The van der Waals surface area contributed by atoms with Gasteiger partial charge in [-0.3, -0.25) is 4.79 Å². The van der Waals surface area contributed by atoms with E-state index < -0.39 is 6.09 Å². The molecule has 1 amide bonds. The largest absolute Gasteiger partial charge is 0.445 e. The Kier molecular flexibility index (Phi) is 6.61. The van der Waals surface area contributed by atoms with Gasteiger partial charge in [-0.25, -0.2) is 4.79 Å². The Hall–Kier alpha value is -3.26. The summed E-state index contributed by atoms with van der Waals surface area (Å²) in [5, 5.41) is 2.64. The van der Waals surface area contributed by atoms with Crippen molar-refractivity contribution in [1.82, 2.24) is 5.32 Å². The fourth-order valence-electron chi connectivity index (χ4n) is 2.10. The molecule has 0 heterocycles. The van der Waals surface area contributed by atoms with E-state index >= 15 is 0 Å². The fourth-order valence-corrected chi connectivity index (χ4v) is 2.10. The van der Waals surface area contributed by atoms with Gasteiger partial charge in [0.05, 0.1) is 0 Å². The molecule has 2 aromatic rings. The molecule has 0 radical (unpaired) electrons. The Bertz CT molecular complexity index is 805. The highest BCUT2D eigenvalue weighted by Gasteiger charge is 2.04. The van der Waals surface area contributed by atoms with Gasteiger partial charge in [-0.1, -0.05) is 42.2 Å². The molecule has 0 aliphatic heterocycles. The molecule has 0 fully saturated rings. The van der Waals surface area contributed by atoms with Gasteiger partial charge < -0.3 is 15.8 Å². The van der Waals surface area contributed by atoms with Crippen LogP contribution in [0, 0.1) is 11.8 Å². The molecule has 2 aromatic carbocycles. The summed E-state index contributed by atoms with van der Waals surface area (Å²) in [4.78, 5) is 23.0. The molecule has 0 aliphatic rings. The molecule has 0 aromatic heterocycles. The molecule has 0 unspecified atom stereocenters. The van der Waals surface area contributed by atoms with Crippen molar-refractivity contribution in [2.75, 3.05) is 12.3 Å². The molecule has 0 saturated heterocycles. The smallest absolute Gasteiger partial charge is 0.407 e. The molecule has 0 atom stereocenters. The Morgan fingerprint density at radius 1 is 1.16 bits per heavy atom. The van der Waals surface area contributed by atoms with Gasteiger partial charge in [0, 0.05) is 29.8 Å². The molecule has 0 saturated carbocycles. The van der Waals surface area contributed by atoms with Gasteiger partial charge in [-0.05, 0) is 30.7 Å². The molecule has 0 spiro atoms. The van der Waals surface area contributed by atoms with Gasteiger partial charge in [0.1, 0.15) is 6.61 Å². The number of ketones is 1. The summed E-state index contributed by atoms with van der Waals surface area (Å²) < 4.78 is 5.10. The second-order valence-electron chi connectivity index (χ2n) is 5.40. The van der Waals surface area contributed by atoms with Crippen LogP contribution in [0.1, 0.15) is 34.8 Å². The highest BCUT2D eigenvalue weighted by atomic mass is 16.5. The van der Waals surface area contributed by atoms with E-state index in [9.17, 15) is 9.59 Å². The first-order valence-electron chi connectivity index (χ1n) is 7.90. The lowest BCUT2D eigenvalue weighted by Gasteiger charge is -2.05. The van der Waals surface area contributed by atoms with Crippen molar-refractivity contribution in [2.45, 2.75) is 20.0 Å². The van der Waals surface area contributed by atoms with Crippen LogP contribution in [0.4, 0.5) is 10.5 Å². The van der Waals surface area contributed by atoms with Gasteiger partial charge in [0.2, 0.25) is 0 Å². The summed E-state index contributed by atoms with van der Waals surface area (Å²) in [7, 11) is 0. The molecule has 2 rings (SSSR count). The number of Topliss-reactive ketones (excluding diaryl/α,β-unsaturated/α-hetero) is 1. The minimum atomic E-state index is -0.475. The minimum absolute atomic E-state index is 0.0935. The first-order valence-corrected chi connectivity index (χ1v) is 7.90. The Morgan fingerprint density at radius 2 is 1.92 bits per heavy atom.